The van der Waals surface area contributed by atoms with Gasteiger partial charge in [-0.2, -0.15) is 0 Å². The van der Waals surface area contributed by atoms with E-state index in [9.17, 15) is 4.39 Å². The van der Waals surface area contributed by atoms with Crippen molar-refractivity contribution < 1.29 is 4.39 Å². The maximum absolute atomic E-state index is 13.5. The second-order valence-corrected chi connectivity index (χ2v) is 4.14. The van der Waals surface area contributed by atoms with Gasteiger partial charge in [-0.15, -0.1) is 10.2 Å². The molecule has 0 fully saturated rings. The number of benzene rings is 1. The van der Waals surface area contributed by atoms with Crippen LogP contribution in [0, 0.1) is 12.7 Å². The molecule has 0 aliphatic heterocycles. The third kappa shape index (κ3) is 2.55. The quantitative estimate of drug-likeness (QED) is 0.915. The van der Waals surface area contributed by atoms with Gasteiger partial charge >= 0.3 is 0 Å². The van der Waals surface area contributed by atoms with Crippen LogP contribution in [0.1, 0.15) is 11.6 Å². The molecule has 4 nitrogen and oxygen atoms in total. The van der Waals surface area contributed by atoms with Gasteiger partial charge < -0.3 is 9.88 Å². The summed E-state index contributed by atoms with van der Waals surface area (Å²) in [5.74, 6) is 1.19. The second-order valence-electron chi connectivity index (χ2n) is 3.70. The van der Waals surface area contributed by atoms with Gasteiger partial charge in [0, 0.05) is 12.1 Å². The maximum Gasteiger partial charge on any atom is 0.152 e. The minimum Gasteiger partial charge on any atom is -0.375 e. The molecule has 1 N–H and O–H groups in total. The first-order chi connectivity index (χ1) is 8.08. The molecule has 0 unspecified atom stereocenters. The van der Waals surface area contributed by atoms with Crippen LogP contribution in [-0.4, -0.2) is 14.8 Å². The minimum atomic E-state index is -0.378. The molecule has 1 aromatic heterocycles. The Hall–Kier alpha value is -1.62. The third-order valence-corrected chi connectivity index (χ3v) is 2.79. The van der Waals surface area contributed by atoms with Crippen molar-refractivity contribution in [3.05, 3.63) is 40.7 Å². The number of hydrogen-bond acceptors (Lipinski definition) is 3. The number of nitrogens with one attached hydrogen (secondary N) is 1. The van der Waals surface area contributed by atoms with E-state index in [1.165, 1.54) is 6.07 Å². The SMILES string of the molecule is Cc1nnc(CNc2ccc(Cl)cc2F)n1C. The summed E-state index contributed by atoms with van der Waals surface area (Å²) < 4.78 is 15.3. The molecule has 1 heterocycles. The fourth-order valence-electron chi connectivity index (χ4n) is 1.41. The summed E-state index contributed by atoms with van der Waals surface area (Å²) in [6, 6.07) is 4.50. The van der Waals surface area contributed by atoms with Crippen molar-refractivity contribution in [2.45, 2.75) is 13.5 Å². The van der Waals surface area contributed by atoms with Crippen molar-refractivity contribution in [1.29, 1.82) is 0 Å². The molecule has 0 spiro atoms. The first kappa shape index (κ1) is 11.9. The van der Waals surface area contributed by atoms with E-state index in [0.29, 0.717) is 17.3 Å². The predicted octanol–water partition coefficient (Wildman–Crippen LogP) is 2.53. The minimum absolute atomic E-state index is 0.377. The van der Waals surface area contributed by atoms with Crippen LogP contribution >= 0.6 is 11.6 Å². The normalized spacial score (nSPS) is 10.6. The van der Waals surface area contributed by atoms with E-state index in [0.717, 1.165) is 11.6 Å². The molecule has 0 aliphatic rings. The van der Waals surface area contributed by atoms with Gasteiger partial charge in [0.1, 0.15) is 11.6 Å². The Morgan fingerprint density at radius 3 is 2.76 bits per heavy atom. The van der Waals surface area contributed by atoms with Crippen LogP contribution in [0.3, 0.4) is 0 Å². The van der Waals surface area contributed by atoms with Crippen LogP contribution in [0.5, 0.6) is 0 Å². The number of aromatic nitrogens is 3. The van der Waals surface area contributed by atoms with Gasteiger partial charge in [-0.1, -0.05) is 11.6 Å². The Morgan fingerprint density at radius 1 is 1.41 bits per heavy atom. The molecule has 0 radical (unpaired) electrons. The molecule has 2 rings (SSSR count). The zero-order valence-electron chi connectivity index (χ0n) is 9.54. The summed E-state index contributed by atoms with van der Waals surface area (Å²) in [5.41, 5.74) is 0.398. The summed E-state index contributed by atoms with van der Waals surface area (Å²) in [5, 5.41) is 11.2. The van der Waals surface area contributed by atoms with Gasteiger partial charge in [0.05, 0.1) is 12.2 Å². The molecule has 1 aromatic carbocycles. The molecular weight excluding hydrogens is 243 g/mol. The molecule has 0 saturated heterocycles. The largest absolute Gasteiger partial charge is 0.375 e. The van der Waals surface area contributed by atoms with Gasteiger partial charge in [-0.25, -0.2) is 4.39 Å². The third-order valence-electron chi connectivity index (χ3n) is 2.55. The Morgan fingerprint density at radius 2 is 2.18 bits per heavy atom. The molecule has 0 amide bonds. The van der Waals surface area contributed by atoms with Crippen molar-refractivity contribution in [3.8, 4) is 0 Å². The van der Waals surface area contributed by atoms with Crippen LogP contribution in [0.4, 0.5) is 10.1 Å². The van der Waals surface area contributed by atoms with E-state index >= 15 is 0 Å². The average Bonchev–Trinajstić information content (AvgIpc) is 2.59. The lowest BCUT2D eigenvalue weighted by molar-refractivity contribution is 0.629. The Balaban J connectivity index is 2.10. The second kappa shape index (κ2) is 4.71. The smallest absolute Gasteiger partial charge is 0.152 e. The monoisotopic (exact) mass is 254 g/mol. The first-order valence-electron chi connectivity index (χ1n) is 5.11. The number of nitrogens with zero attached hydrogens (tertiary/aromatic N) is 3. The average molecular weight is 255 g/mol. The zero-order chi connectivity index (χ0) is 12.4. The highest BCUT2D eigenvalue weighted by Crippen LogP contribution is 2.19. The summed E-state index contributed by atoms with van der Waals surface area (Å²) >= 11 is 5.67. The molecule has 0 atom stereocenters. The maximum atomic E-state index is 13.5. The van der Waals surface area contributed by atoms with E-state index in [2.05, 4.69) is 15.5 Å². The molecule has 0 aliphatic carbocycles. The summed E-state index contributed by atoms with van der Waals surface area (Å²) in [7, 11) is 1.87. The Bertz CT molecular complexity index is 538. The number of aryl methyl sites for hydroxylation is 1. The van der Waals surface area contributed by atoms with Gasteiger partial charge in [0.25, 0.3) is 0 Å². The van der Waals surface area contributed by atoms with Gasteiger partial charge in [0.15, 0.2) is 5.82 Å². The first-order valence-corrected chi connectivity index (χ1v) is 5.49. The Kier molecular flexibility index (Phi) is 3.28. The van der Waals surface area contributed by atoms with Crippen LogP contribution in [0.15, 0.2) is 18.2 Å². The van der Waals surface area contributed by atoms with Gasteiger partial charge in [0.2, 0.25) is 0 Å². The Labute approximate surface area is 103 Å². The molecule has 90 valence electrons. The van der Waals surface area contributed by atoms with Gasteiger partial charge in [-0.05, 0) is 25.1 Å². The lowest BCUT2D eigenvalue weighted by Gasteiger charge is -2.07. The summed E-state index contributed by atoms with van der Waals surface area (Å²) in [6.07, 6.45) is 0. The van der Waals surface area contributed by atoms with Crippen molar-refractivity contribution in [2.75, 3.05) is 5.32 Å². The highest BCUT2D eigenvalue weighted by Gasteiger charge is 2.06. The zero-order valence-corrected chi connectivity index (χ0v) is 10.3. The number of anilines is 1. The highest BCUT2D eigenvalue weighted by atomic mass is 35.5. The van der Waals surface area contributed by atoms with Crippen molar-refractivity contribution >= 4 is 17.3 Å². The highest BCUT2D eigenvalue weighted by molar-refractivity contribution is 6.30. The van der Waals surface area contributed by atoms with E-state index < -0.39 is 0 Å². The van der Waals surface area contributed by atoms with Crippen molar-refractivity contribution in [2.24, 2.45) is 7.05 Å². The number of halogens is 2. The fraction of sp³-hybridized carbons (Fsp3) is 0.273. The summed E-state index contributed by atoms with van der Waals surface area (Å²) in [6.45, 7) is 2.27. The standard InChI is InChI=1S/C11H12ClFN4/c1-7-15-16-11(17(7)2)6-14-10-4-3-8(12)5-9(10)13/h3-5,14H,6H2,1-2H3. The van der Waals surface area contributed by atoms with Crippen molar-refractivity contribution in [1.82, 2.24) is 14.8 Å². The van der Waals surface area contributed by atoms with Crippen LogP contribution < -0.4 is 5.32 Å². The van der Waals surface area contributed by atoms with Crippen LogP contribution in [0.25, 0.3) is 0 Å². The van der Waals surface area contributed by atoms with E-state index in [4.69, 9.17) is 11.6 Å². The lowest BCUT2D eigenvalue weighted by Crippen LogP contribution is -2.07. The molecule has 6 heteroatoms. The van der Waals surface area contributed by atoms with Crippen molar-refractivity contribution in [3.63, 3.8) is 0 Å². The topological polar surface area (TPSA) is 42.7 Å². The molecular formula is C11H12ClFN4. The molecule has 0 saturated carbocycles. The van der Waals surface area contributed by atoms with E-state index in [1.807, 2.05) is 18.5 Å². The van der Waals surface area contributed by atoms with E-state index in [1.54, 1.807) is 12.1 Å². The summed E-state index contributed by atoms with van der Waals surface area (Å²) in [4.78, 5) is 0. The van der Waals surface area contributed by atoms with Gasteiger partial charge in [-0.3, -0.25) is 0 Å². The molecule has 2 aromatic rings. The van der Waals surface area contributed by atoms with E-state index in [-0.39, 0.29) is 5.82 Å². The number of hydrogen-bond donors (Lipinski definition) is 1. The number of rotatable bonds is 3. The lowest BCUT2D eigenvalue weighted by atomic mass is 10.3. The van der Waals surface area contributed by atoms with Crippen LogP contribution in [-0.2, 0) is 13.6 Å². The fourth-order valence-corrected chi connectivity index (χ4v) is 1.57. The molecule has 0 bridgehead atoms. The predicted molar refractivity (Wildman–Crippen MR) is 64.5 cm³/mol. The van der Waals surface area contributed by atoms with Crippen LogP contribution in [0.2, 0.25) is 5.02 Å². The molecule has 17 heavy (non-hydrogen) atoms.